The van der Waals surface area contributed by atoms with Crippen molar-refractivity contribution in [1.29, 1.82) is 0 Å². The Bertz CT molecular complexity index is 977. The molecule has 0 amide bonds. The lowest BCUT2D eigenvalue weighted by Crippen LogP contribution is -1.92. The normalized spacial score (nSPS) is 11.0. The summed E-state index contributed by atoms with van der Waals surface area (Å²) in [5.74, 6) is 0.602. The number of hydrogen-bond donors (Lipinski definition) is 0. The first-order valence-electron chi connectivity index (χ1n) is 6.94. The maximum absolute atomic E-state index is 6.33. The number of rotatable bonds is 2. The molecule has 23 heavy (non-hydrogen) atoms. The summed E-state index contributed by atoms with van der Waals surface area (Å²) in [6.07, 6.45) is 3.58. The smallest absolute Gasteiger partial charge is 0.184 e. The predicted molar refractivity (Wildman–Crippen MR) is 91.7 cm³/mol. The molecule has 0 fully saturated rings. The van der Waals surface area contributed by atoms with Crippen LogP contribution in [0, 0.1) is 0 Å². The van der Waals surface area contributed by atoms with Crippen molar-refractivity contribution < 1.29 is 0 Å². The van der Waals surface area contributed by atoms with Crippen molar-refractivity contribution in [3.8, 4) is 22.6 Å². The van der Waals surface area contributed by atoms with E-state index < -0.39 is 0 Å². The van der Waals surface area contributed by atoms with Crippen LogP contribution in [-0.4, -0.2) is 19.6 Å². The minimum absolute atomic E-state index is 0.543. The molecule has 3 aromatic heterocycles. The summed E-state index contributed by atoms with van der Waals surface area (Å²) in [5.41, 5.74) is 3.12. The van der Waals surface area contributed by atoms with Crippen LogP contribution in [0.5, 0.6) is 0 Å². The van der Waals surface area contributed by atoms with E-state index in [1.807, 2.05) is 42.6 Å². The molecular formula is C17H10Cl2N4. The van der Waals surface area contributed by atoms with Crippen LogP contribution in [0.4, 0.5) is 0 Å². The SMILES string of the molecule is Clc1ccc(-c2ncccc2-c2nc3ccccn3n2)c(Cl)c1. The van der Waals surface area contributed by atoms with Gasteiger partial charge in [-0.2, -0.15) is 0 Å². The van der Waals surface area contributed by atoms with Gasteiger partial charge in [-0.3, -0.25) is 4.98 Å². The van der Waals surface area contributed by atoms with Crippen molar-refractivity contribution in [3.63, 3.8) is 0 Å². The second-order valence-electron chi connectivity index (χ2n) is 4.96. The Morgan fingerprint density at radius 2 is 1.83 bits per heavy atom. The summed E-state index contributed by atoms with van der Waals surface area (Å²) < 4.78 is 1.73. The molecule has 6 heteroatoms. The molecule has 0 radical (unpaired) electrons. The summed E-state index contributed by atoms with van der Waals surface area (Å²) in [6, 6.07) is 14.9. The molecule has 4 rings (SSSR count). The zero-order valence-electron chi connectivity index (χ0n) is 11.8. The van der Waals surface area contributed by atoms with E-state index >= 15 is 0 Å². The monoisotopic (exact) mass is 340 g/mol. The maximum atomic E-state index is 6.33. The van der Waals surface area contributed by atoms with Crippen LogP contribution in [0.15, 0.2) is 60.9 Å². The van der Waals surface area contributed by atoms with E-state index in [0.29, 0.717) is 15.9 Å². The molecule has 112 valence electrons. The average Bonchev–Trinajstić information content (AvgIpc) is 2.99. The third kappa shape index (κ3) is 2.56. The highest BCUT2D eigenvalue weighted by Crippen LogP contribution is 2.34. The van der Waals surface area contributed by atoms with Gasteiger partial charge in [0.2, 0.25) is 0 Å². The van der Waals surface area contributed by atoms with Crippen molar-refractivity contribution in [3.05, 3.63) is 71.0 Å². The number of hydrogen-bond acceptors (Lipinski definition) is 3. The van der Waals surface area contributed by atoms with E-state index in [4.69, 9.17) is 23.2 Å². The highest BCUT2D eigenvalue weighted by atomic mass is 35.5. The molecule has 0 aliphatic rings. The van der Waals surface area contributed by atoms with Gasteiger partial charge in [-0.05, 0) is 42.5 Å². The Morgan fingerprint density at radius 3 is 2.65 bits per heavy atom. The quantitative estimate of drug-likeness (QED) is 0.528. The zero-order valence-corrected chi connectivity index (χ0v) is 13.3. The van der Waals surface area contributed by atoms with Gasteiger partial charge in [0.25, 0.3) is 0 Å². The van der Waals surface area contributed by atoms with E-state index in [9.17, 15) is 0 Å². The molecule has 0 spiro atoms. The highest BCUT2D eigenvalue weighted by molar-refractivity contribution is 6.36. The molecule has 4 aromatic rings. The Labute approximate surface area is 142 Å². The van der Waals surface area contributed by atoms with Crippen LogP contribution in [-0.2, 0) is 0 Å². The van der Waals surface area contributed by atoms with Gasteiger partial charge in [0.05, 0.1) is 10.7 Å². The zero-order chi connectivity index (χ0) is 15.8. The number of aromatic nitrogens is 4. The molecule has 0 saturated heterocycles. The van der Waals surface area contributed by atoms with Crippen molar-refractivity contribution in [2.75, 3.05) is 0 Å². The number of nitrogens with zero attached hydrogens (tertiary/aromatic N) is 4. The van der Waals surface area contributed by atoms with Gasteiger partial charge in [0.15, 0.2) is 11.5 Å². The Balaban J connectivity index is 1.93. The minimum atomic E-state index is 0.543. The van der Waals surface area contributed by atoms with E-state index in [1.54, 1.807) is 22.8 Å². The molecule has 1 aromatic carbocycles. The number of halogens is 2. The molecule has 0 unspecified atom stereocenters. The largest absolute Gasteiger partial charge is 0.255 e. The molecule has 3 heterocycles. The molecular weight excluding hydrogens is 331 g/mol. The van der Waals surface area contributed by atoms with Crippen LogP contribution in [0.1, 0.15) is 0 Å². The Morgan fingerprint density at radius 1 is 0.913 bits per heavy atom. The van der Waals surface area contributed by atoms with Gasteiger partial charge in [-0.25, -0.2) is 9.50 Å². The molecule has 0 aliphatic carbocycles. The first-order chi connectivity index (χ1) is 11.2. The number of pyridine rings is 2. The van der Waals surface area contributed by atoms with Gasteiger partial charge in [-0.1, -0.05) is 29.3 Å². The topological polar surface area (TPSA) is 43.1 Å². The van der Waals surface area contributed by atoms with E-state index in [-0.39, 0.29) is 0 Å². The second-order valence-corrected chi connectivity index (χ2v) is 5.81. The van der Waals surface area contributed by atoms with Crippen molar-refractivity contribution >= 4 is 28.8 Å². The molecule has 4 nitrogen and oxygen atoms in total. The van der Waals surface area contributed by atoms with Crippen molar-refractivity contribution in [2.24, 2.45) is 0 Å². The van der Waals surface area contributed by atoms with Gasteiger partial charge < -0.3 is 0 Å². The van der Waals surface area contributed by atoms with Gasteiger partial charge in [0, 0.05) is 28.5 Å². The van der Waals surface area contributed by atoms with E-state index in [1.165, 1.54) is 0 Å². The van der Waals surface area contributed by atoms with Crippen LogP contribution in [0.25, 0.3) is 28.3 Å². The van der Waals surface area contributed by atoms with E-state index in [0.717, 1.165) is 22.5 Å². The maximum Gasteiger partial charge on any atom is 0.184 e. The third-order valence-electron chi connectivity index (χ3n) is 3.48. The molecule has 0 aliphatic heterocycles. The Kier molecular flexibility index (Phi) is 3.48. The minimum Gasteiger partial charge on any atom is -0.255 e. The summed E-state index contributed by atoms with van der Waals surface area (Å²) >= 11 is 12.3. The fraction of sp³-hybridized carbons (Fsp3) is 0. The fourth-order valence-electron chi connectivity index (χ4n) is 2.43. The van der Waals surface area contributed by atoms with Crippen molar-refractivity contribution in [2.45, 2.75) is 0 Å². The summed E-state index contributed by atoms with van der Waals surface area (Å²) in [6.45, 7) is 0. The van der Waals surface area contributed by atoms with Gasteiger partial charge in [-0.15, -0.1) is 5.10 Å². The van der Waals surface area contributed by atoms with Crippen LogP contribution >= 0.6 is 23.2 Å². The molecule has 0 atom stereocenters. The second kappa shape index (κ2) is 5.65. The molecule has 0 bridgehead atoms. The first kappa shape index (κ1) is 14.2. The van der Waals surface area contributed by atoms with Crippen LogP contribution in [0.3, 0.4) is 0 Å². The standard InChI is InChI=1S/C17H10Cl2N4/c18-11-6-7-12(14(19)10-11)16-13(4-3-8-20-16)17-21-15-5-1-2-9-23(15)22-17/h1-10H. The van der Waals surface area contributed by atoms with E-state index in [2.05, 4.69) is 15.1 Å². The van der Waals surface area contributed by atoms with Crippen LogP contribution in [0.2, 0.25) is 10.0 Å². The number of benzene rings is 1. The Hall–Kier alpha value is -2.43. The lowest BCUT2D eigenvalue weighted by Gasteiger charge is -2.07. The van der Waals surface area contributed by atoms with Crippen molar-refractivity contribution in [1.82, 2.24) is 19.6 Å². The lowest BCUT2D eigenvalue weighted by atomic mass is 10.1. The summed E-state index contributed by atoms with van der Waals surface area (Å²) in [4.78, 5) is 9.03. The van der Waals surface area contributed by atoms with Gasteiger partial charge in [0.1, 0.15) is 0 Å². The predicted octanol–water partition coefficient (Wildman–Crippen LogP) is 4.77. The molecule has 0 N–H and O–H groups in total. The number of fused-ring (bicyclic) bond motifs is 1. The average molecular weight is 341 g/mol. The lowest BCUT2D eigenvalue weighted by molar-refractivity contribution is 0.965. The molecule has 0 saturated carbocycles. The highest BCUT2D eigenvalue weighted by Gasteiger charge is 2.15. The fourth-order valence-corrected chi connectivity index (χ4v) is 2.93. The first-order valence-corrected chi connectivity index (χ1v) is 7.70. The third-order valence-corrected chi connectivity index (χ3v) is 4.02. The van der Waals surface area contributed by atoms with Crippen LogP contribution < -0.4 is 0 Å². The summed E-state index contributed by atoms with van der Waals surface area (Å²) in [7, 11) is 0. The van der Waals surface area contributed by atoms with Gasteiger partial charge >= 0.3 is 0 Å². The summed E-state index contributed by atoms with van der Waals surface area (Å²) in [5, 5.41) is 5.64.